The molecule has 0 aliphatic heterocycles. The van der Waals surface area contributed by atoms with Crippen molar-refractivity contribution in [2.75, 3.05) is 5.32 Å². The number of sulfonamides is 1. The van der Waals surface area contributed by atoms with Crippen LogP contribution in [0.4, 0.5) is 5.69 Å². The Morgan fingerprint density at radius 2 is 1.23 bits per heavy atom. The first kappa shape index (κ1) is 22.6. The smallest absolute Gasteiger partial charge is 0.241 e. The van der Waals surface area contributed by atoms with Gasteiger partial charge in [-0.15, -0.1) is 0 Å². The minimum atomic E-state index is -3.90. The van der Waals surface area contributed by atoms with Gasteiger partial charge in [0.2, 0.25) is 15.9 Å². The molecule has 9 heteroatoms. The lowest BCUT2D eigenvalue weighted by Crippen LogP contribution is -2.31. The van der Waals surface area contributed by atoms with E-state index in [9.17, 15) is 13.2 Å². The van der Waals surface area contributed by atoms with Gasteiger partial charge in [-0.05, 0) is 66.2 Å². The Bertz CT molecular complexity index is 1120. The molecule has 1 amide bonds. The number of benzene rings is 3. The van der Waals surface area contributed by atoms with Crippen molar-refractivity contribution in [3.8, 4) is 0 Å². The van der Waals surface area contributed by atoms with E-state index in [1.807, 2.05) is 0 Å². The highest BCUT2D eigenvalue weighted by atomic mass is 35.5. The number of anilines is 1. The zero-order chi connectivity index (χ0) is 21.7. The predicted octanol–water partition coefficient (Wildman–Crippen LogP) is 5.70. The first-order valence-corrected chi connectivity index (χ1v) is 11.4. The number of carbonyl (C=O) groups is 1. The van der Waals surface area contributed by atoms with E-state index in [0.29, 0.717) is 26.3 Å². The number of rotatable bonds is 7. The summed E-state index contributed by atoms with van der Waals surface area (Å²) in [5, 5.41) is 4.21. The zero-order valence-corrected chi connectivity index (χ0v) is 18.6. The van der Waals surface area contributed by atoms with Crippen molar-refractivity contribution in [2.24, 2.45) is 0 Å². The van der Waals surface area contributed by atoms with Gasteiger partial charge < -0.3 is 5.32 Å². The highest BCUT2D eigenvalue weighted by Crippen LogP contribution is 2.24. The lowest BCUT2D eigenvalue weighted by atomic mass is 10.0. The summed E-state index contributed by atoms with van der Waals surface area (Å²) in [6, 6.07) is 18.2. The summed E-state index contributed by atoms with van der Waals surface area (Å²) in [6.45, 7) is 0. The van der Waals surface area contributed by atoms with Crippen molar-refractivity contribution in [3.05, 3.63) is 93.4 Å². The zero-order valence-electron chi connectivity index (χ0n) is 15.5. The first-order valence-electron chi connectivity index (χ1n) is 8.82. The molecule has 30 heavy (non-hydrogen) atoms. The number of halogens is 3. The van der Waals surface area contributed by atoms with E-state index in [2.05, 4.69) is 10.0 Å². The van der Waals surface area contributed by atoms with Crippen molar-refractivity contribution < 1.29 is 13.2 Å². The number of hydrogen-bond donors (Lipinski definition) is 2. The van der Waals surface area contributed by atoms with Crippen molar-refractivity contribution in [3.63, 3.8) is 0 Å². The quantitative estimate of drug-likeness (QED) is 0.453. The Labute approximate surface area is 190 Å². The number of nitrogens with one attached hydrogen (secondary N) is 2. The molecule has 0 heterocycles. The standard InChI is InChI=1S/C21H17Cl3N2O3S/c22-15-3-1-14(2-4-15)20(13-21(27)25-18-9-5-16(23)6-10-18)26-30(28,29)19-11-7-17(24)8-12-19/h1-12,20,26H,13H2,(H,25,27). The van der Waals surface area contributed by atoms with Gasteiger partial charge in [-0.3, -0.25) is 4.79 Å². The molecule has 156 valence electrons. The van der Waals surface area contributed by atoms with Gasteiger partial charge in [0, 0.05) is 27.2 Å². The van der Waals surface area contributed by atoms with Crippen LogP contribution in [0.2, 0.25) is 15.1 Å². The largest absolute Gasteiger partial charge is 0.326 e. The van der Waals surface area contributed by atoms with Gasteiger partial charge in [-0.1, -0.05) is 46.9 Å². The maximum atomic E-state index is 12.8. The Morgan fingerprint density at radius 1 is 0.767 bits per heavy atom. The van der Waals surface area contributed by atoms with Gasteiger partial charge in [0.05, 0.1) is 10.9 Å². The molecule has 0 radical (unpaired) electrons. The summed E-state index contributed by atoms with van der Waals surface area (Å²) < 4.78 is 28.3. The second-order valence-corrected chi connectivity index (χ2v) is 9.46. The molecule has 3 aromatic carbocycles. The minimum Gasteiger partial charge on any atom is -0.326 e. The molecule has 5 nitrogen and oxygen atoms in total. The molecule has 0 bridgehead atoms. The van der Waals surface area contributed by atoms with Crippen molar-refractivity contribution >= 4 is 56.4 Å². The second-order valence-electron chi connectivity index (χ2n) is 6.44. The molecule has 0 aromatic heterocycles. The molecule has 3 aromatic rings. The monoisotopic (exact) mass is 482 g/mol. The van der Waals surface area contributed by atoms with Crippen LogP contribution in [0, 0.1) is 0 Å². The van der Waals surface area contributed by atoms with Crippen molar-refractivity contribution in [1.82, 2.24) is 4.72 Å². The van der Waals surface area contributed by atoms with Crippen LogP contribution in [0.5, 0.6) is 0 Å². The molecule has 1 atom stereocenters. The number of hydrogen-bond acceptors (Lipinski definition) is 3. The predicted molar refractivity (Wildman–Crippen MR) is 121 cm³/mol. The topological polar surface area (TPSA) is 75.3 Å². The second kappa shape index (κ2) is 9.81. The van der Waals surface area contributed by atoms with Gasteiger partial charge >= 0.3 is 0 Å². The molecule has 2 N–H and O–H groups in total. The Morgan fingerprint density at radius 3 is 1.77 bits per heavy atom. The molecule has 0 aliphatic carbocycles. The highest BCUT2D eigenvalue weighted by Gasteiger charge is 2.24. The molecule has 3 rings (SSSR count). The maximum absolute atomic E-state index is 12.8. The fourth-order valence-corrected chi connectivity index (χ4v) is 4.32. The van der Waals surface area contributed by atoms with Gasteiger partial charge in [0.25, 0.3) is 0 Å². The maximum Gasteiger partial charge on any atom is 0.241 e. The van der Waals surface area contributed by atoms with Crippen LogP contribution in [0.1, 0.15) is 18.0 Å². The van der Waals surface area contributed by atoms with Gasteiger partial charge in [-0.2, -0.15) is 0 Å². The molecule has 0 saturated carbocycles. The number of carbonyl (C=O) groups excluding carboxylic acids is 1. The van der Waals surface area contributed by atoms with E-state index in [1.165, 1.54) is 24.3 Å². The fraction of sp³-hybridized carbons (Fsp3) is 0.0952. The van der Waals surface area contributed by atoms with E-state index in [4.69, 9.17) is 34.8 Å². The molecular weight excluding hydrogens is 467 g/mol. The van der Waals surface area contributed by atoms with Crippen LogP contribution in [0.15, 0.2) is 77.7 Å². The van der Waals surface area contributed by atoms with E-state index in [1.54, 1.807) is 48.5 Å². The van der Waals surface area contributed by atoms with Crippen molar-refractivity contribution in [2.45, 2.75) is 17.4 Å². The highest BCUT2D eigenvalue weighted by molar-refractivity contribution is 7.89. The third-order valence-electron chi connectivity index (χ3n) is 4.21. The van der Waals surface area contributed by atoms with E-state index in [-0.39, 0.29) is 17.2 Å². The average Bonchev–Trinajstić information content (AvgIpc) is 2.70. The van der Waals surface area contributed by atoms with Gasteiger partial charge in [0.1, 0.15) is 0 Å². The summed E-state index contributed by atoms with van der Waals surface area (Å²) in [4.78, 5) is 12.6. The van der Waals surface area contributed by atoms with Gasteiger partial charge in [0.15, 0.2) is 0 Å². The molecule has 0 saturated heterocycles. The van der Waals surface area contributed by atoms with Gasteiger partial charge in [-0.25, -0.2) is 13.1 Å². The average molecular weight is 484 g/mol. The normalized spacial score (nSPS) is 12.4. The molecule has 1 unspecified atom stereocenters. The summed E-state index contributed by atoms with van der Waals surface area (Å²) in [5.41, 5.74) is 1.16. The van der Waals surface area contributed by atoms with Crippen molar-refractivity contribution in [1.29, 1.82) is 0 Å². The third kappa shape index (κ3) is 6.20. The Balaban J connectivity index is 1.83. The van der Waals surface area contributed by atoms with Crippen LogP contribution >= 0.6 is 34.8 Å². The van der Waals surface area contributed by atoms with E-state index >= 15 is 0 Å². The van der Waals surface area contributed by atoms with Crippen LogP contribution in [0.3, 0.4) is 0 Å². The van der Waals surface area contributed by atoms with Crippen LogP contribution in [0.25, 0.3) is 0 Å². The summed E-state index contributed by atoms with van der Waals surface area (Å²) >= 11 is 17.6. The summed E-state index contributed by atoms with van der Waals surface area (Å²) in [5.74, 6) is -0.365. The SMILES string of the molecule is O=C(CC(NS(=O)(=O)c1ccc(Cl)cc1)c1ccc(Cl)cc1)Nc1ccc(Cl)cc1. The molecule has 0 fully saturated rings. The van der Waals surface area contributed by atoms with E-state index in [0.717, 1.165) is 0 Å². The lowest BCUT2D eigenvalue weighted by molar-refractivity contribution is -0.116. The lowest BCUT2D eigenvalue weighted by Gasteiger charge is -2.19. The Kier molecular flexibility index (Phi) is 7.39. The van der Waals surface area contributed by atoms with Crippen LogP contribution < -0.4 is 10.0 Å². The third-order valence-corrected chi connectivity index (χ3v) is 6.45. The fourth-order valence-electron chi connectivity index (χ4n) is 2.72. The minimum absolute atomic E-state index is 0.0453. The van der Waals surface area contributed by atoms with Crippen LogP contribution in [-0.4, -0.2) is 14.3 Å². The molecule has 0 spiro atoms. The molecule has 0 aliphatic rings. The first-order chi connectivity index (χ1) is 14.2. The van der Waals surface area contributed by atoms with E-state index < -0.39 is 16.1 Å². The summed E-state index contributed by atoms with van der Waals surface area (Å²) in [6.07, 6.45) is -0.128. The Hall–Kier alpha value is -2.09. The van der Waals surface area contributed by atoms with Crippen LogP contribution in [-0.2, 0) is 14.8 Å². The number of amides is 1. The summed E-state index contributed by atoms with van der Waals surface area (Å²) in [7, 11) is -3.90. The molecular formula is C21H17Cl3N2O3S.